The number of carbonyl (C=O) groups excluding carboxylic acids is 1. The Morgan fingerprint density at radius 3 is 3.05 bits per heavy atom. The highest BCUT2D eigenvalue weighted by Crippen LogP contribution is 2.18. The van der Waals surface area contributed by atoms with E-state index in [4.69, 9.17) is 4.42 Å². The Kier molecular flexibility index (Phi) is 4.59. The zero-order valence-corrected chi connectivity index (χ0v) is 13.6. The average molecular weight is 379 g/mol. The second-order valence-corrected chi connectivity index (χ2v) is 6.03. The number of H-pyrrole nitrogens is 1. The minimum absolute atomic E-state index is 0.215. The summed E-state index contributed by atoms with van der Waals surface area (Å²) in [6, 6.07) is 11.2. The summed E-state index contributed by atoms with van der Waals surface area (Å²) >= 11 is 4.51. The fourth-order valence-corrected chi connectivity index (χ4v) is 2.73. The van der Waals surface area contributed by atoms with Crippen molar-refractivity contribution in [2.45, 2.75) is 5.16 Å². The van der Waals surface area contributed by atoms with Gasteiger partial charge in [0.25, 0.3) is 5.91 Å². The molecular formula is C14H11BrN4O2S. The molecule has 0 unspecified atom stereocenters. The molecular weight excluding hydrogens is 368 g/mol. The highest BCUT2D eigenvalue weighted by atomic mass is 79.9. The quantitative estimate of drug-likeness (QED) is 0.405. The van der Waals surface area contributed by atoms with Gasteiger partial charge in [-0.05, 0) is 40.2 Å². The van der Waals surface area contributed by atoms with Crippen LogP contribution in [0.1, 0.15) is 5.76 Å². The molecule has 1 aromatic carbocycles. The molecule has 0 aliphatic rings. The largest absolute Gasteiger partial charge is 0.448 e. The third-order valence-corrected chi connectivity index (χ3v) is 3.98. The van der Waals surface area contributed by atoms with Gasteiger partial charge in [0.05, 0.1) is 23.0 Å². The predicted molar refractivity (Wildman–Crippen MR) is 89.0 cm³/mol. The van der Waals surface area contributed by atoms with Gasteiger partial charge in [0, 0.05) is 0 Å². The first-order chi connectivity index (χ1) is 10.7. The maximum Gasteiger partial charge on any atom is 0.250 e. The lowest BCUT2D eigenvalue weighted by molar-refractivity contribution is -0.118. The van der Waals surface area contributed by atoms with Crippen molar-refractivity contribution in [2.24, 2.45) is 5.10 Å². The first kappa shape index (κ1) is 14.9. The molecule has 0 bridgehead atoms. The zero-order valence-electron chi connectivity index (χ0n) is 11.2. The van der Waals surface area contributed by atoms with Gasteiger partial charge >= 0.3 is 0 Å². The van der Waals surface area contributed by atoms with Crippen LogP contribution in [0.15, 0.2) is 55.7 Å². The third-order valence-electron chi connectivity index (χ3n) is 2.68. The summed E-state index contributed by atoms with van der Waals surface area (Å²) in [6.45, 7) is 0. The number of aromatic amines is 1. The van der Waals surface area contributed by atoms with Crippen molar-refractivity contribution in [2.75, 3.05) is 5.75 Å². The van der Waals surface area contributed by atoms with Crippen molar-refractivity contribution in [3.05, 3.63) is 46.8 Å². The van der Waals surface area contributed by atoms with Crippen molar-refractivity contribution < 1.29 is 9.21 Å². The summed E-state index contributed by atoms with van der Waals surface area (Å²) in [6.07, 6.45) is 1.44. The number of imidazole rings is 1. The summed E-state index contributed by atoms with van der Waals surface area (Å²) in [7, 11) is 0. The molecule has 0 saturated carbocycles. The van der Waals surface area contributed by atoms with E-state index in [-0.39, 0.29) is 11.7 Å². The van der Waals surface area contributed by atoms with Crippen LogP contribution in [-0.2, 0) is 4.79 Å². The Morgan fingerprint density at radius 2 is 2.27 bits per heavy atom. The van der Waals surface area contributed by atoms with Crippen LogP contribution in [0.2, 0.25) is 0 Å². The number of carbonyl (C=O) groups is 1. The zero-order chi connectivity index (χ0) is 15.4. The fraction of sp³-hybridized carbons (Fsp3) is 0.0714. The van der Waals surface area contributed by atoms with E-state index >= 15 is 0 Å². The molecule has 0 fully saturated rings. The van der Waals surface area contributed by atoms with E-state index in [1.54, 1.807) is 12.1 Å². The summed E-state index contributed by atoms with van der Waals surface area (Å²) in [4.78, 5) is 19.2. The summed E-state index contributed by atoms with van der Waals surface area (Å²) in [5.41, 5.74) is 4.27. The maximum absolute atomic E-state index is 11.7. The monoisotopic (exact) mass is 378 g/mol. The molecule has 3 rings (SSSR count). The molecule has 0 radical (unpaired) electrons. The first-order valence-electron chi connectivity index (χ1n) is 6.35. The lowest BCUT2D eigenvalue weighted by Crippen LogP contribution is -2.19. The molecule has 2 N–H and O–H groups in total. The molecule has 2 aromatic heterocycles. The van der Waals surface area contributed by atoms with Crippen molar-refractivity contribution >= 4 is 50.8 Å². The molecule has 112 valence electrons. The number of amides is 1. The summed E-state index contributed by atoms with van der Waals surface area (Å²) in [5.74, 6) is 0.559. The smallest absolute Gasteiger partial charge is 0.250 e. The van der Waals surface area contributed by atoms with Crippen LogP contribution in [0, 0.1) is 0 Å². The van der Waals surface area contributed by atoms with E-state index in [9.17, 15) is 4.79 Å². The molecule has 8 heteroatoms. The van der Waals surface area contributed by atoms with Gasteiger partial charge in [-0.15, -0.1) is 0 Å². The van der Waals surface area contributed by atoms with Gasteiger partial charge in [0.2, 0.25) is 0 Å². The van der Waals surface area contributed by atoms with Crippen molar-refractivity contribution in [3.8, 4) is 0 Å². The van der Waals surface area contributed by atoms with Gasteiger partial charge in [0.15, 0.2) is 9.83 Å². The van der Waals surface area contributed by atoms with Crippen LogP contribution in [0.5, 0.6) is 0 Å². The van der Waals surface area contributed by atoms with Gasteiger partial charge in [-0.25, -0.2) is 10.4 Å². The molecule has 0 aliphatic heterocycles. The third kappa shape index (κ3) is 3.77. The Hall–Kier alpha value is -2.06. The number of hydrogen-bond donors (Lipinski definition) is 2. The highest BCUT2D eigenvalue weighted by molar-refractivity contribution is 9.10. The molecule has 3 aromatic rings. The van der Waals surface area contributed by atoms with Gasteiger partial charge in [-0.3, -0.25) is 4.79 Å². The first-order valence-corrected chi connectivity index (χ1v) is 8.13. The van der Waals surface area contributed by atoms with Crippen LogP contribution >= 0.6 is 27.7 Å². The lowest BCUT2D eigenvalue weighted by atomic mass is 10.3. The number of aromatic nitrogens is 2. The molecule has 2 heterocycles. The topological polar surface area (TPSA) is 83.3 Å². The van der Waals surface area contributed by atoms with E-state index in [2.05, 4.69) is 36.4 Å². The number of nitrogens with one attached hydrogen (secondary N) is 2. The second-order valence-electron chi connectivity index (χ2n) is 4.28. The number of thioether (sulfide) groups is 1. The molecule has 0 spiro atoms. The lowest BCUT2D eigenvalue weighted by Gasteiger charge is -1.97. The normalized spacial score (nSPS) is 11.3. The Bertz CT molecular complexity index is 794. The van der Waals surface area contributed by atoms with Crippen molar-refractivity contribution in [3.63, 3.8) is 0 Å². The number of hydrazone groups is 1. The van der Waals surface area contributed by atoms with E-state index in [1.807, 2.05) is 24.3 Å². The van der Waals surface area contributed by atoms with Gasteiger partial charge in [0.1, 0.15) is 5.76 Å². The molecule has 0 atom stereocenters. The summed E-state index contributed by atoms with van der Waals surface area (Å²) < 4.78 is 5.84. The van der Waals surface area contributed by atoms with Gasteiger partial charge in [-0.1, -0.05) is 23.9 Å². The molecule has 0 aliphatic carbocycles. The van der Waals surface area contributed by atoms with Crippen molar-refractivity contribution in [1.29, 1.82) is 0 Å². The number of hydrogen-bond acceptors (Lipinski definition) is 5. The number of para-hydroxylation sites is 2. The summed E-state index contributed by atoms with van der Waals surface area (Å²) in [5, 5.41) is 4.53. The van der Waals surface area contributed by atoms with Gasteiger partial charge in [-0.2, -0.15) is 5.10 Å². The SMILES string of the molecule is O=C(CSc1nc2ccccc2[nH]1)N/N=C/c1ccc(Br)o1. The van der Waals surface area contributed by atoms with Crippen LogP contribution in [0.25, 0.3) is 11.0 Å². The fourth-order valence-electron chi connectivity index (χ4n) is 1.73. The molecule has 0 saturated heterocycles. The van der Waals surface area contributed by atoms with E-state index in [0.29, 0.717) is 15.6 Å². The standard InChI is InChI=1S/C14H11BrN4O2S/c15-12-6-5-9(21-12)7-16-19-13(20)8-22-14-17-10-3-1-2-4-11(10)18-14/h1-7H,8H2,(H,17,18)(H,19,20)/b16-7+. The number of nitrogens with zero attached hydrogens (tertiary/aromatic N) is 2. The van der Waals surface area contributed by atoms with Crippen LogP contribution in [-0.4, -0.2) is 27.8 Å². The minimum Gasteiger partial charge on any atom is -0.448 e. The molecule has 1 amide bonds. The average Bonchev–Trinajstić information content (AvgIpc) is 3.11. The number of fused-ring (bicyclic) bond motifs is 1. The number of benzene rings is 1. The minimum atomic E-state index is -0.215. The predicted octanol–water partition coefficient (Wildman–Crippen LogP) is 3.16. The maximum atomic E-state index is 11.7. The second kappa shape index (κ2) is 6.80. The number of rotatable bonds is 5. The number of furan rings is 1. The Balaban J connectivity index is 1.50. The van der Waals surface area contributed by atoms with Crippen LogP contribution in [0.4, 0.5) is 0 Å². The van der Waals surface area contributed by atoms with E-state index in [1.165, 1.54) is 18.0 Å². The van der Waals surface area contributed by atoms with Crippen molar-refractivity contribution in [1.82, 2.24) is 15.4 Å². The molecule has 6 nitrogen and oxygen atoms in total. The Morgan fingerprint density at radius 1 is 1.41 bits per heavy atom. The van der Waals surface area contributed by atoms with Crippen LogP contribution in [0.3, 0.4) is 0 Å². The van der Waals surface area contributed by atoms with Gasteiger partial charge < -0.3 is 9.40 Å². The molecule has 22 heavy (non-hydrogen) atoms. The highest BCUT2D eigenvalue weighted by Gasteiger charge is 2.06. The van der Waals surface area contributed by atoms with E-state index in [0.717, 1.165) is 11.0 Å². The number of halogens is 1. The van der Waals surface area contributed by atoms with E-state index < -0.39 is 0 Å². The van der Waals surface area contributed by atoms with Crippen LogP contribution < -0.4 is 5.43 Å². The Labute approximate surface area is 138 Å².